The van der Waals surface area contributed by atoms with E-state index >= 15 is 0 Å². The SMILES string of the molecule is CN(c1cc(NCC#N)ncn1)c1ccc(Br)s1. The minimum Gasteiger partial charge on any atom is -0.357 e. The van der Waals surface area contributed by atoms with Gasteiger partial charge in [0.15, 0.2) is 0 Å². The van der Waals surface area contributed by atoms with Crippen molar-refractivity contribution in [2.45, 2.75) is 0 Å². The van der Waals surface area contributed by atoms with E-state index < -0.39 is 0 Å². The van der Waals surface area contributed by atoms with Crippen molar-refractivity contribution in [2.24, 2.45) is 0 Å². The number of nitriles is 1. The standard InChI is InChI=1S/C11H10BrN5S/c1-17(11-3-2-8(12)18-11)10-6-9(14-5-4-13)15-7-16-10/h2-3,6-7H,5H2,1H3,(H,14,15,16). The van der Waals surface area contributed by atoms with Gasteiger partial charge in [0.1, 0.15) is 24.5 Å². The maximum absolute atomic E-state index is 8.52. The molecule has 2 rings (SSSR count). The Kier molecular flexibility index (Phi) is 4.12. The second-order valence-corrected chi connectivity index (χ2v) is 5.85. The molecule has 0 bridgehead atoms. The Morgan fingerprint density at radius 1 is 1.50 bits per heavy atom. The zero-order valence-electron chi connectivity index (χ0n) is 9.59. The monoisotopic (exact) mass is 323 g/mol. The van der Waals surface area contributed by atoms with Gasteiger partial charge in [-0.05, 0) is 28.1 Å². The van der Waals surface area contributed by atoms with E-state index in [1.54, 1.807) is 11.3 Å². The summed E-state index contributed by atoms with van der Waals surface area (Å²) in [6, 6.07) is 7.83. The normalized spacial score (nSPS) is 9.83. The minimum atomic E-state index is 0.227. The number of nitrogens with zero attached hydrogens (tertiary/aromatic N) is 4. The molecule has 0 saturated carbocycles. The molecule has 18 heavy (non-hydrogen) atoms. The van der Waals surface area contributed by atoms with Crippen molar-refractivity contribution in [1.82, 2.24) is 9.97 Å². The van der Waals surface area contributed by atoms with E-state index in [1.807, 2.05) is 36.2 Å². The zero-order chi connectivity index (χ0) is 13.0. The van der Waals surface area contributed by atoms with E-state index in [9.17, 15) is 0 Å². The molecule has 0 aliphatic rings. The Morgan fingerprint density at radius 2 is 2.33 bits per heavy atom. The number of hydrogen-bond acceptors (Lipinski definition) is 6. The largest absolute Gasteiger partial charge is 0.357 e. The highest BCUT2D eigenvalue weighted by molar-refractivity contribution is 9.11. The van der Waals surface area contributed by atoms with Crippen molar-refractivity contribution < 1.29 is 0 Å². The van der Waals surface area contributed by atoms with Gasteiger partial charge in [-0.15, -0.1) is 11.3 Å². The highest BCUT2D eigenvalue weighted by Crippen LogP contribution is 2.32. The maximum Gasteiger partial charge on any atom is 0.138 e. The summed E-state index contributed by atoms with van der Waals surface area (Å²) in [6.45, 7) is 0.227. The Hall–Kier alpha value is -1.65. The quantitative estimate of drug-likeness (QED) is 0.876. The zero-order valence-corrected chi connectivity index (χ0v) is 12.0. The molecule has 0 spiro atoms. The third-order valence-electron chi connectivity index (χ3n) is 2.23. The van der Waals surface area contributed by atoms with E-state index in [1.165, 1.54) is 6.33 Å². The van der Waals surface area contributed by atoms with Gasteiger partial charge < -0.3 is 10.2 Å². The lowest BCUT2D eigenvalue weighted by molar-refractivity contribution is 1.08. The maximum atomic E-state index is 8.52. The predicted octanol–water partition coefficient (Wildman–Crippen LogP) is 3.00. The number of thiophene rings is 1. The lowest BCUT2D eigenvalue weighted by atomic mass is 10.4. The minimum absolute atomic E-state index is 0.227. The van der Waals surface area contributed by atoms with Crippen LogP contribution in [0.15, 0.2) is 28.3 Å². The predicted molar refractivity (Wildman–Crippen MR) is 76.2 cm³/mol. The fraction of sp³-hybridized carbons (Fsp3) is 0.182. The summed E-state index contributed by atoms with van der Waals surface area (Å²) in [5.41, 5.74) is 0. The van der Waals surface area contributed by atoms with Crippen molar-refractivity contribution in [3.8, 4) is 6.07 Å². The van der Waals surface area contributed by atoms with Gasteiger partial charge in [0.05, 0.1) is 14.9 Å². The molecule has 2 aromatic rings. The highest BCUT2D eigenvalue weighted by atomic mass is 79.9. The van der Waals surface area contributed by atoms with Crippen molar-refractivity contribution in [1.29, 1.82) is 5.26 Å². The third-order valence-corrected chi connectivity index (χ3v) is 3.93. The summed E-state index contributed by atoms with van der Waals surface area (Å²) in [6.07, 6.45) is 1.48. The third kappa shape index (κ3) is 2.97. The molecule has 0 fully saturated rings. The topological polar surface area (TPSA) is 64.8 Å². The van der Waals surface area contributed by atoms with Gasteiger partial charge in [0.25, 0.3) is 0 Å². The molecule has 5 nitrogen and oxygen atoms in total. The van der Waals surface area contributed by atoms with Crippen LogP contribution in [0.1, 0.15) is 0 Å². The summed E-state index contributed by atoms with van der Waals surface area (Å²) >= 11 is 5.06. The first-order valence-corrected chi connectivity index (χ1v) is 6.73. The van der Waals surface area contributed by atoms with Gasteiger partial charge in [-0.1, -0.05) is 0 Å². The number of halogens is 1. The van der Waals surface area contributed by atoms with E-state index in [4.69, 9.17) is 5.26 Å². The lowest BCUT2D eigenvalue weighted by Crippen LogP contribution is -2.11. The van der Waals surface area contributed by atoms with E-state index in [2.05, 4.69) is 31.2 Å². The average molecular weight is 324 g/mol. The molecule has 0 amide bonds. The van der Waals surface area contributed by atoms with Crippen LogP contribution < -0.4 is 10.2 Å². The molecule has 0 aromatic carbocycles. The van der Waals surface area contributed by atoms with Gasteiger partial charge >= 0.3 is 0 Å². The van der Waals surface area contributed by atoms with Crippen molar-refractivity contribution in [3.63, 3.8) is 0 Å². The molecule has 1 N–H and O–H groups in total. The van der Waals surface area contributed by atoms with Gasteiger partial charge in [-0.3, -0.25) is 0 Å². The first kappa shape index (κ1) is 12.8. The molecule has 92 valence electrons. The average Bonchev–Trinajstić information content (AvgIpc) is 2.82. The molecule has 0 radical (unpaired) electrons. The van der Waals surface area contributed by atoms with Crippen LogP contribution in [0.4, 0.5) is 16.6 Å². The Morgan fingerprint density at radius 3 is 3.00 bits per heavy atom. The number of hydrogen-bond donors (Lipinski definition) is 1. The fourth-order valence-electron chi connectivity index (χ4n) is 1.36. The summed E-state index contributed by atoms with van der Waals surface area (Å²) in [5.74, 6) is 1.42. The second kappa shape index (κ2) is 5.80. The van der Waals surface area contributed by atoms with Crippen LogP contribution in [0.2, 0.25) is 0 Å². The van der Waals surface area contributed by atoms with Gasteiger partial charge in [0, 0.05) is 13.1 Å². The molecular formula is C11H10BrN5S. The van der Waals surface area contributed by atoms with Crippen molar-refractivity contribution in [3.05, 3.63) is 28.3 Å². The Bertz CT molecular complexity index is 577. The molecule has 7 heteroatoms. The first-order chi connectivity index (χ1) is 8.70. The second-order valence-electron chi connectivity index (χ2n) is 3.41. The number of aromatic nitrogens is 2. The number of rotatable bonds is 4. The van der Waals surface area contributed by atoms with Crippen molar-refractivity contribution in [2.75, 3.05) is 23.8 Å². The number of nitrogens with one attached hydrogen (secondary N) is 1. The van der Waals surface area contributed by atoms with Crippen LogP contribution in [-0.2, 0) is 0 Å². The van der Waals surface area contributed by atoms with Crippen LogP contribution in [0.5, 0.6) is 0 Å². The number of anilines is 3. The fourth-order valence-corrected chi connectivity index (χ4v) is 2.69. The summed E-state index contributed by atoms with van der Waals surface area (Å²) < 4.78 is 1.07. The highest BCUT2D eigenvalue weighted by Gasteiger charge is 2.08. The van der Waals surface area contributed by atoms with Crippen LogP contribution in [0.25, 0.3) is 0 Å². The van der Waals surface area contributed by atoms with E-state index in [0.717, 1.165) is 14.6 Å². The van der Waals surface area contributed by atoms with E-state index in [0.29, 0.717) is 5.82 Å². The molecule has 2 heterocycles. The molecule has 0 aliphatic carbocycles. The summed E-state index contributed by atoms with van der Waals surface area (Å²) in [4.78, 5) is 10.2. The Balaban J connectivity index is 2.20. The van der Waals surface area contributed by atoms with Crippen LogP contribution in [0.3, 0.4) is 0 Å². The molecular weight excluding hydrogens is 314 g/mol. The molecule has 0 saturated heterocycles. The Labute approximate surface area is 117 Å². The summed E-state index contributed by atoms with van der Waals surface area (Å²) in [5, 5.41) is 12.5. The van der Waals surface area contributed by atoms with Crippen molar-refractivity contribution >= 4 is 43.9 Å². The molecule has 0 unspecified atom stereocenters. The van der Waals surface area contributed by atoms with Gasteiger partial charge in [-0.25, -0.2) is 9.97 Å². The van der Waals surface area contributed by atoms with E-state index in [-0.39, 0.29) is 6.54 Å². The molecule has 0 aliphatic heterocycles. The molecule has 2 aromatic heterocycles. The first-order valence-electron chi connectivity index (χ1n) is 5.12. The van der Waals surface area contributed by atoms with Crippen LogP contribution in [0, 0.1) is 11.3 Å². The smallest absolute Gasteiger partial charge is 0.138 e. The van der Waals surface area contributed by atoms with Gasteiger partial charge in [0.2, 0.25) is 0 Å². The lowest BCUT2D eigenvalue weighted by Gasteiger charge is -2.16. The van der Waals surface area contributed by atoms with Crippen LogP contribution in [-0.4, -0.2) is 23.6 Å². The summed E-state index contributed by atoms with van der Waals surface area (Å²) in [7, 11) is 1.94. The van der Waals surface area contributed by atoms with Gasteiger partial charge in [-0.2, -0.15) is 5.26 Å². The van der Waals surface area contributed by atoms with Crippen LogP contribution >= 0.6 is 27.3 Å². The molecule has 0 atom stereocenters.